The number of carbonyl (C=O) groups excluding carboxylic acids is 2. The van der Waals surface area contributed by atoms with Crippen molar-refractivity contribution in [3.8, 4) is 11.4 Å². The molecule has 1 saturated heterocycles. The fourth-order valence-corrected chi connectivity index (χ4v) is 4.51. The van der Waals surface area contributed by atoms with Crippen LogP contribution in [0.15, 0.2) is 53.7 Å². The summed E-state index contributed by atoms with van der Waals surface area (Å²) in [5.74, 6) is 1.05. The molecule has 4 rings (SSSR count). The number of hydrogen-bond donors (Lipinski definition) is 1. The van der Waals surface area contributed by atoms with E-state index in [2.05, 4.69) is 27.5 Å². The Morgan fingerprint density at radius 1 is 0.970 bits per heavy atom. The number of rotatable bonds is 6. The van der Waals surface area contributed by atoms with Crippen molar-refractivity contribution in [2.75, 3.05) is 44.3 Å². The maximum absolute atomic E-state index is 12.5. The Hall–Kier alpha value is -3.17. The van der Waals surface area contributed by atoms with E-state index in [1.807, 2.05) is 72.0 Å². The van der Waals surface area contributed by atoms with Crippen LogP contribution in [0.3, 0.4) is 0 Å². The topological polar surface area (TPSA) is 83.4 Å². The van der Waals surface area contributed by atoms with Crippen molar-refractivity contribution in [2.45, 2.75) is 12.1 Å². The molecule has 0 unspecified atom stereocenters. The van der Waals surface area contributed by atoms with Gasteiger partial charge in [0.25, 0.3) is 5.91 Å². The van der Waals surface area contributed by atoms with Crippen LogP contribution in [-0.4, -0.2) is 75.4 Å². The van der Waals surface area contributed by atoms with Crippen molar-refractivity contribution in [1.82, 2.24) is 24.6 Å². The summed E-state index contributed by atoms with van der Waals surface area (Å²) in [6.07, 6.45) is 0. The van der Waals surface area contributed by atoms with Gasteiger partial charge in [-0.2, -0.15) is 0 Å². The molecule has 0 aliphatic carbocycles. The van der Waals surface area contributed by atoms with Gasteiger partial charge in [0.05, 0.1) is 5.75 Å². The first-order valence-electron chi connectivity index (χ1n) is 10.9. The molecule has 1 fully saturated rings. The molecule has 1 aromatic heterocycles. The molecule has 0 saturated carbocycles. The minimum Gasteiger partial charge on any atom is -0.339 e. The van der Waals surface area contributed by atoms with Crippen molar-refractivity contribution >= 4 is 29.3 Å². The lowest BCUT2D eigenvalue weighted by Gasteiger charge is -2.32. The lowest BCUT2D eigenvalue weighted by Crippen LogP contribution is -2.47. The lowest BCUT2D eigenvalue weighted by molar-refractivity contribution is -0.129. The molecule has 172 valence electrons. The Kier molecular flexibility index (Phi) is 7.10. The smallest absolute Gasteiger partial charge is 0.255 e. The summed E-state index contributed by atoms with van der Waals surface area (Å²) in [6, 6.07) is 15.0. The first-order chi connectivity index (χ1) is 15.9. The number of hydrogen-bond acceptors (Lipinski definition) is 6. The van der Waals surface area contributed by atoms with Crippen molar-refractivity contribution < 1.29 is 9.59 Å². The monoisotopic (exact) mass is 464 g/mol. The average molecular weight is 465 g/mol. The number of carbonyl (C=O) groups is 2. The van der Waals surface area contributed by atoms with Gasteiger partial charge in [-0.1, -0.05) is 30.0 Å². The van der Waals surface area contributed by atoms with Crippen LogP contribution in [0.4, 0.5) is 5.69 Å². The highest BCUT2D eigenvalue weighted by molar-refractivity contribution is 7.99. The van der Waals surface area contributed by atoms with Gasteiger partial charge in [-0.25, -0.2) is 0 Å². The lowest BCUT2D eigenvalue weighted by atomic mass is 10.1. The van der Waals surface area contributed by atoms with E-state index < -0.39 is 0 Å². The summed E-state index contributed by atoms with van der Waals surface area (Å²) < 4.78 is 1.89. The molecule has 2 heterocycles. The van der Waals surface area contributed by atoms with Gasteiger partial charge in [0.1, 0.15) is 0 Å². The number of anilines is 1. The van der Waals surface area contributed by atoms with E-state index in [1.54, 1.807) is 0 Å². The Labute approximate surface area is 198 Å². The zero-order chi connectivity index (χ0) is 23.4. The number of thioether (sulfide) groups is 1. The zero-order valence-electron chi connectivity index (χ0n) is 19.1. The van der Waals surface area contributed by atoms with E-state index in [9.17, 15) is 9.59 Å². The van der Waals surface area contributed by atoms with Crippen LogP contribution in [0.1, 0.15) is 15.9 Å². The van der Waals surface area contributed by atoms with Crippen molar-refractivity contribution in [3.63, 3.8) is 0 Å². The van der Waals surface area contributed by atoms with Crippen LogP contribution in [-0.2, 0) is 11.8 Å². The number of benzene rings is 2. The molecular weight excluding hydrogens is 436 g/mol. The molecule has 1 N–H and O–H groups in total. The molecule has 33 heavy (non-hydrogen) atoms. The summed E-state index contributed by atoms with van der Waals surface area (Å²) >= 11 is 1.40. The number of aromatic nitrogens is 3. The second-order valence-electron chi connectivity index (χ2n) is 8.18. The van der Waals surface area contributed by atoms with Gasteiger partial charge in [-0.15, -0.1) is 10.2 Å². The first-order valence-corrected chi connectivity index (χ1v) is 11.9. The average Bonchev–Trinajstić information content (AvgIpc) is 3.19. The van der Waals surface area contributed by atoms with Crippen LogP contribution in [0.5, 0.6) is 0 Å². The summed E-state index contributed by atoms with van der Waals surface area (Å²) in [5.41, 5.74) is 3.18. The van der Waals surface area contributed by atoms with E-state index in [4.69, 9.17) is 0 Å². The van der Waals surface area contributed by atoms with Gasteiger partial charge in [0.15, 0.2) is 11.0 Å². The fraction of sp³-hybridized carbons (Fsp3) is 0.333. The van der Waals surface area contributed by atoms with Gasteiger partial charge in [-0.05, 0) is 49.9 Å². The molecule has 1 aliphatic heterocycles. The quantitative estimate of drug-likeness (QED) is 0.565. The highest BCUT2D eigenvalue weighted by Gasteiger charge is 2.20. The first kappa shape index (κ1) is 23.0. The summed E-state index contributed by atoms with van der Waals surface area (Å²) in [7, 11) is 3.97. The predicted molar refractivity (Wildman–Crippen MR) is 130 cm³/mol. The second-order valence-corrected chi connectivity index (χ2v) is 9.13. The molecule has 0 atom stereocenters. The number of likely N-dealkylation sites (N-methyl/N-ethyl adjacent to an activating group) is 1. The molecule has 2 amide bonds. The molecule has 8 nitrogen and oxygen atoms in total. The molecule has 0 spiro atoms. The second kappa shape index (κ2) is 10.2. The van der Waals surface area contributed by atoms with Crippen LogP contribution in [0.25, 0.3) is 11.4 Å². The minimum atomic E-state index is -0.136. The minimum absolute atomic E-state index is 0.131. The van der Waals surface area contributed by atoms with E-state index in [-0.39, 0.29) is 11.8 Å². The summed E-state index contributed by atoms with van der Waals surface area (Å²) in [5, 5.41) is 12.2. The molecule has 3 aromatic rings. The van der Waals surface area contributed by atoms with Gasteiger partial charge in [0.2, 0.25) is 5.91 Å². The van der Waals surface area contributed by atoms with Crippen LogP contribution in [0.2, 0.25) is 0 Å². The van der Waals surface area contributed by atoms with Crippen molar-refractivity contribution in [3.05, 3.63) is 59.7 Å². The standard InChI is InChI=1S/C24H28N6O2S/c1-17-6-4-5-7-20(17)23(32)25-19-10-8-18(9-11-19)22-26-27-24(29(22)3)33-16-21(31)30-14-12-28(2)13-15-30/h4-11H,12-16H2,1-3H3,(H,25,32). The van der Waals surface area contributed by atoms with Gasteiger partial charge in [-0.3, -0.25) is 9.59 Å². The SMILES string of the molecule is Cc1ccccc1C(=O)Nc1ccc(-c2nnc(SCC(=O)N3CCN(C)CC3)n2C)cc1. The van der Waals surface area contributed by atoms with Crippen molar-refractivity contribution in [2.24, 2.45) is 7.05 Å². The Morgan fingerprint density at radius 2 is 1.67 bits per heavy atom. The molecule has 0 bridgehead atoms. The van der Waals surface area contributed by atoms with E-state index in [0.29, 0.717) is 28.0 Å². The van der Waals surface area contributed by atoms with Gasteiger partial charge in [0, 0.05) is 50.0 Å². The molecule has 9 heteroatoms. The van der Waals surface area contributed by atoms with Gasteiger partial charge >= 0.3 is 0 Å². The van der Waals surface area contributed by atoms with Gasteiger partial charge < -0.3 is 19.7 Å². The maximum atomic E-state index is 12.5. The number of piperazine rings is 1. The predicted octanol–water partition coefficient (Wildman–Crippen LogP) is 2.91. The van der Waals surface area contributed by atoms with Crippen LogP contribution in [0, 0.1) is 6.92 Å². The zero-order valence-corrected chi connectivity index (χ0v) is 19.9. The Bertz CT molecular complexity index is 1140. The summed E-state index contributed by atoms with van der Waals surface area (Å²) in [4.78, 5) is 29.2. The van der Waals surface area contributed by atoms with E-state index in [1.165, 1.54) is 11.8 Å². The van der Waals surface area contributed by atoms with Crippen molar-refractivity contribution in [1.29, 1.82) is 0 Å². The highest BCUT2D eigenvalue weighted by atomic mass is 32.2. The number of nitrogens with one attached hydrogen (secondary N) is 1. The largest absolute Gasteiger partial charge is 0.339 e. The molecule has 2 aromatic carbocycles. The molecular formula is C24H28N6O2S. The third-order valence-electron chi connectivity index (χ3n) is 5.81. The number of aryl methyl sites for hydroxylation is 1. The normalized spacial score (nSPS) is 14.3. The highest BCUT2D eigenvalue weighted by Crippen LogP contribution is 2.24. The third-order valence-corrected chi connectivity index (χ3v) is 6.81. The maximum Gasteiger partial charge on any atom is 0.255 e. The van der Waals surface area contributed by atoms with E-state index >= 15 is 0 Å². The fourth-order valence-electron chi connectivity index (χ4n) is 3.69. The Balaban J connectivity index is 1.37. The van der Waals surface area contributed by atoms with Crippen LogP contribution >= 0.6 is 11.8 Å². The summed E-state index contributed by atoms with van der Waals surface area (Å²) in [6.45, 7) is 5.28. The Morgan fingerprint density at radius 3 is 2.36 bits per heavy atom. The number of amides is 2. The van der Waals surface area contributed by atoms with E-state index in [0.717, 1.165) is 37.3 Å². The van der Waals surface area contributed by atoms with Crippen LogP contribution < -0.4 is 5.32 Å². The third kappa shape index (κ3) is 5.43. The number of nitrogens with zero attached hydrogens (tertiary/aromatic N) is 5. The molecule has 1 aliphatic rings. The molecule has 0 radical (unpaired) electrons.